The molecule has 1 N–H and O–H groups in total. The summed E-state index contributed by atoms with van der Waals surface area (Å²) in [5, 5.41) is 9.70. The number of aryl methyl sites for hydroxylation is 1. The van der Waals surface area contributed by atoms with Gasteiger partial charge in [-0.05, 0) is 39.2 Å². The predicted molar refractivity (Wildman–Crippen MR) is 108 cm³/mol. The molecule has 0 unspecified atom stereocenters. The number of H-pyrrole nitrogens is 1. The van der Waals surface area contributed by atoms with Crippen molar-refractivity contribution in [2.24, 2.45) is 7.05 Å². The molecule has 0 bridgehead atoms. The van der Waals surface area contributed by atoms with Gasteiger partial charge >= 0.3 is 5.97 Å². The molecule has 4 rings (SSSR count). The molecule has 3 aromatic rings. The first-order chi connectivity index (χ1) is 13.4. The summed E-state index contributed by atoms with van der Waals surface area (Å²) in [4.78, 5) is 33.2. The summed E-state index contributed by atoms with van der Waals surface area (Å²) in [5.74, 6) is 1.67. The highest BCUT2D eigenvalue weighted by molar-refractivity contribution is 7.99. The van der Waals surface area contributed by atoms with Gasteiger partial charge in [-0.25, -0.2) is 9.78 Å². The van der Waals surface area contributed by atoms with Crippen LogP contribution in [0, 0.1) is 6.92 Å². The van der Waals surface area contributed by atoms with Crippen LogP contribution in [-0.2, 0) is 11.8 Å². The second-order valence-corrected chi connectivity index (χ2v) is 9.15. The SMILES string of the molecule is CCOC(=O)c1sc2nc([C@H](C)Sc3nnc(C4CC4)n3C)[nH]c(=O)c2c1C. The van der Waals surface area contributed by atoms with E-state index in [1.807, 2.05) is 18.5 Å². The van der Waals surface area contributed by atoms with E-state index in [4.69, 9.17) is 4.74 Å². The molecule has 8 nitrogen and oxygen atoms in total. The molecule has 28 heavy (non-hydrogen) atoms. The average Bonchev–Trinajstić information content (AvgIpc) is 3.35. The Bertz CT molecular complexity index is 1110. The van der Waals surface area contributed by atoms with Crippen LogP contribution in [0.4, 0.5) is 0 Å². The Morgan fingerprint density at radius 2 is 2.18 bits per heavy atom. The molecule has 148 valence electrons. The van der Waals surface area contributed by atoms with Crippen molar-refractivity contribution in [3.63, 3.8) is 0 Å². The Balaban J connectivity index is 1.65. The Morgan fingerprint density at radius 1 is 1.43 bits per heavy atom. The number of nitrogens with zero attached hydrogens (tertiary/aromatic N) is 4. The minimum atomic E-state index is -0.418. The highest BCUT2D eigenvalue weighted by Crippen LogP contribution is 2.41. The maximum Gasteiger partial charge on any atom is 0.348 e. The zero-order valence-corrected chi connectivity index (χ0v) is 17.7. The summed E-state index contributed by atoms with van der Waals surface area (Å²) in [5.41, 5.74) is 0.370. The van der Waals surface area contributed by atoms with Gasteiger partial charge in [-0.1, -0.05) is 11.8 Å². The Morgan fingerprint density at radius 3 is 2.86 bits per heavy atom. The molecule has 0 saturated heterocycles. The lowest BCUT2D eigenvalue weighted by molar-refractivity contribution is 0.0531. The molecule has 0 aliphatic heterocycles. The number of rotatable bonds is 6. The lowest BCUT2D eigenvalue weighted by Gasteiger charge is -2.10. The number of carbonyl (C=O) groups excluding carboxylic acids is 1. The number of hydrogen-bond acceptors (Lipinski definition) is 8. The maximum atomic E-state index is 12.7. The fraction of sp³-hybridized carbons (Fsp3) is 0.500. The van der Waals surface area contributed by atoms with Crippen LogP contribution in [0.5, 0.6) is 0 Å². The molecule has 1 aliphatic rings. The number of thioether (sulfide) groups is 1. The number of ether oxygens (including phenoxy) is 1. The largest absolute Gasteiger partial charge is 0.462 e. The number of aromatic amines is 1. The number of hydrogen-bond donors (Lipinski definition) is 1. The van der Waals surface area contributed by atoms with Gasteiger partial charge in [-0.3, -0.25) is 4.79 Å². The van der Waals surface area contributed by atoms with E-state index in [0.29, 0.717) is 32.4 Å². The first kappa shape index (κ1) is 19.1. The monoisotopic (exact) mass is 419 g/mol. The van der Waals surface area contributed by atoms with Gasteiger partial charge in [-0.2, -0.15) is 0 Å². The first-order valence-electron chi connectivity index (χ1n) is 9.17. The molecule has 3 heterocycles. The average molecular weight is 420 g/mol. The third-order valence-electron chi connectivity index (χ3n) is 4.76. The van der Waals surface area contributed by atoms with Crippen LogP contribution in [-0.4, -0.2) is 37.3 Å². The van der Waals surface area contributed by atoms with E-state index in [1.165, 1.54) is 23.1 Å². The Hall–Kier alpha value is -2.20. The summed E-state index contributed by atoms with van der Waals surface area (Å²) < 4.78 is 7.10. The molecule has 1 saturated carbocycles. The molecule has 0 amide bonds. The van der Waals surface area contributed by atoms with Crippen LogP contribution in [0.1, 0.15) is 64.7 Å². The van der Waals surface area contributed by atoms with Crippen molar-refractivity contribution in [2.75, 3.05) is 6.61 Å². The van der Waals surface area contributed by atoms with E-state index in [9.17, 15) is 9.59 Å². The molecule has 1 fully saturated rings. The first-order valence-corrected chi connectivity index (χ1v) is 10.9. The number of carbonyl (C=O) groups is 1. The van der Waals surface area contributed by atoms with Crippen molar-refractivity contribution in [2.45, 2.75) is 49.9 Å². The van der Waals surface area contributed by atoms with Gasteiger partial charge in [0.25, 0.3) is 5.56 Å². The van der Waals surface area contributed by atoms with Crippen LogP contribution >= 0.6 is 23.1 Å². The van der Waals surface area contributed by atoms with Crippen molar-refractivity contribution in [3.05, 3.63) is 32.4 Å². The molecule has 1 atom stereocenters. The van der Waals surface area contributed by atoms with E-state index in [1.54, 1.807) is 13.8 Å². The van der Waals surface area contributed by atoms with Gasteiger partial charge < -0.3 is 14.3 Å². The molecule has 1 aliphatic carbocycles. The van der Waals surface area contributed by atoms with Crippen molar-refractivity contribution in [3.8, 4) is 0 Å². The maximum absolute atomic E-state index is 12.7. The van der Waals surface area contributed by atoms with Crippen LogP contribution < -0.4 is 5.56 Å². The molecule has 0 spiro atoms. The van der Waals surface area contributed by atoms with Gasteiger partial charge in [0.15, 0.2) is 5.16 Å². The van der Waals surface area contributed by atoms with E-state index in [2.05, 4.69) is 20.2 Å². The number of esters is 1. The zero-order valence-electron chi connectivity index (χ0n) is 16.1. The van der Waals surface area contributed by atoms with Crippen LogP contribution in [0.15, 0.2) is 9.95 Å². The van der Waals surface area contributed by atoms with E-state index in [-0.39, 0.29) is 17.4 Å². The van der Waals surface area contributed by atoms with Gasteiger partial charge in [0.1, 0.15) is 21.4 Å². The van der Waals surface area contributed by atoms with Crippen LogP contribution in [0.2, 0.25) is 0 Å². The summed E-state index contributed by atoms with van der Waals surface area (Å²) >= 11 is 2.70. The van der Waals surface area contributed by atoms with E-state index in [0.717, 1.165) is 23.8 Å². The number of thiophene rings is 1. The predicted octanol–water partition coefficient (Wildman–Crippen LogP) is 3.33. The van der Waals surface area contributed by atoms with Crippen LogP contribution in [0.3, 0.4) is 0 Å². The number of fused-ring (bicyclic) bond motifs is 1. The fourth-order valence-corrected chi connectivity index (χ4v) is 5.05. The van der Waals surface area contributed by atoms with Crippen molar-refractivity contribution in [1.29, 1.82) is 0 Å². The summed E-state index contributed by atoms with van der Waals surface area (Å²) in [6, 6.07) is 0. The van der Waals surface area contributed by atoms with Gasteiger partial charge in [0, 0.05) is 13.0 Å². The van der Waals surface area contributed by atoms with Gasteiger partial charge in [-0.15, -0.1) is 21.5 Å². The van der Waals surface area contributed by atoms with E-state index < -0.39 is 5.97 Å². The quantitative estimate of drug-likeness (QED) is 0.483. The summed E-state index contributed by atoms with van der Waals surface area (Å²) in [6.45, 7) is 5.76. The second-order valence-electron chi connectivity index (χ2n) is 6.84. The molecule has 0 radical (unpaired) electrons. The smallest absolute Gasteiger partial charge is 0.348 e. The molecule has 10 heteroatoms. The molecule has 3 aromatic heterocycles. The van der Waals surface area contributed by atoms with Crippen molar-refractivity contribution >= 4 is 39.3 Å². The minimum absolute atomic E-state index is 0.125. The third-order valence-corrected chi connectivity index (χ3v) is 7.07. The van der Waals surface area contributed by atoms with Crippen molar-refractivity contribution in [1.82, 2.24) is 24.7 Å². The van der Waals surface area contributed by atoms with Crippen molar-refractivity contribution < 1.29 is 9.53 Å². The lowest BCUT2D eigenvalue weighted by Crippen LogP contribution is -2.13. The molecule has 0 aromatic carbocycles. The van der Waals surface area contributed by atoms with E-state index >= 15 is 0 Å². The standard InChI is InChI=1S/C18H21N5O3S2/c1-5-26-17(25)12-8(2)11-15(24)19-13(20-16(11)28-12)9(3)27-18-22-21-14(23(18)4)10-6-7-10/h9-10H,5-7H2,1-4H3,(H,19,20,24)/t9-/m0/s1. The zero-order chi connectivity index (χ0) is 20.0. The third kappa shape index (κ3) is 3.35. The highest BCUT2D eigenvalue weighted by Gasteiger charge is 2.30. The van der Waals surface area contributed by atoms with Crippen LogP contribution in [0.25, 0.3) is 10.2 Å². The fourth-order valence-electron chi connectivity index (χ4n) is 3.08. The normalized spacial score (nSPS) is 15.1. The minimum Gasteiger partial charge on any atom is -0.462 e. The summed E-state index contributed by atoms with van der Waals surface area (Å²) in [7, 11) is 1.97. The molecular weight excluding hydrogens is 398 g/mol. The van der Waals surface area contributed by atoms with Gasteiger partial charge in [0.2, 0.25) is 0 Å². The highest BCUT2D eigenvalue weighted by atomic mass is 32.2. The van der Waals surface area contributed by atoms with Gasteiger partial charge in [0.05, 0.1) is 17.2 Å². The number of aromatic nitrogens is 5. The molecular formula is C18H21N5O3S2. The lowest BCUT2D eigenvalue weighted by atomic mass is 10.2. The second kappa shape index (κ2) is 7.32. The Kier molecular flexibility index (Phi) is 5.00. The Labute approximate surface area is 169 Å². The summed E-state index contributed by atoms with van der Waals surface area (Å²) in [6.07, 6.45) is 2.33. The topological polar surface area (TPSA) is 103 Å². The number of nitrogens with one attached hydrogen (secondary N) is 1.